The second-order valence-corrected chi connectivity index (χ2v) is 4.47. The zero-order chi connectivity index (χ0) is 13.0. The summed E-state index contributed by atoms with van der Waals surface area (Å²) in [4.78, 5) is 16.3. The molecule has 2 unspecified atom stereocenters. The first-order valence-electron chi connectivity index (χ1n) is 6.26. The van der Waals surface area contributed by atoms with Crippen LogP contribution in [-0.4, -0.2) is 36.7 Å². The van der Waals surface area contributed by atoms with Gasteiger partial charge in [0.2, 0.25) is 5.91 Å². The topological polar surface area (TPSA) is 63.2 Å². The Hall–Kier alpha value is -1.46. The number of hydrogen-bond acceptors (Lipinski definition) is 4. The number of nitrogens with one attached hydrogen (secondary N) is 2. The lowest BCUT2D eigenvalue weighted by molar-refractivity contribution is -0.120. The van der Waals surface area contributed by atoms with Crippen LogP contribution in [0.3, 0.4) is 0 Å². The van der Waals surface area contributed by atoms with Gasteiger partial charge in [0, 0.05) is 12.2 Å². The molecule has 1 aromatic rings. The lowest BCUT2D eigenvalue weighted by Crippen LogP contribution is -2.41. The lowest BCUT2D eigenvalue weighted by atomic mass is 10.0. The fourth-order valence-electron chi connectivity index (χ4n) is 2.10. The van der Waals surface area contributed by atoms with Crippen LogP contribution < -0.4 is 10.6 Å². The summed E-state index contributed by atoms with van der Waals surface area (Å²) in [6.07, 6.45) is 1.68. The van der Waals surface area contributed by atoms with Crippen molar-refractivity contribution in [2.45, 2.75) is 19.9 Å². The highest BCUT2D eigenvalue weighted by Gasteiger charge is 2.33. The highest BCUT2D eigenvalue weighted by Crippen LogP contribution is 2.17. The Morgan fingerprint density at radius 3 is 3.11 bits per heavy atom. The van der Waals surface area contributed by atoms with Gasteiger partial charge in [-0.25, -0.2) is 4.98 Å². The maximum atomic E-state index is 12.2. The van der Waals surface area contributed by atoms with Crippen molar-refractivity contribution in [1.29, 1.82) is 0 Å². The summed E-state index contributed by atoms with van der Waals surface area (Å²) in [5.41, 5.74) is 0.963. The second-order valence-electron chi connectivity index (χ2n) is 4.47. The molecule has 1 amide bonds. The predicted molar refractivity (Wildman–Crippen MR) is 69.4 cm³/mol. The molecule has 2 N–H and O–H groups in total. The summed E-state index contributed by atoms with van der Waals surface area (Å²) in [5, 5.41) is 6.14. The van der Waals surface area contributed by atoms with Gasteiger partial charge in [0.05, 0.1) is 19.1 Å². The summed E-state index contributed by atoms with van der Waals surface area (Å²) in [7, 11) is 0. The van der Waals surface area contributed by atoms with E-state index in [1.807, 2.05) is 26.0 Å². The molecular formula is C13H19N3O2. The normalized spacial score (nSPS) is 23.0. The van der Waals surface area contributed by atoms with Crippen LogP contribution in [0.5, 0.6) is 0 Å². The van der Waals surface area contributed by atoms with Gasteiger partial charge in [-0.05, 0) is 25.1 Å². The molecule has 0 radical (unpaired) electrons. The molecule has 1 aromatic heterocycles. The summed E-state index contributed by atoms with van der Waals surface area (Å²) in [6, 6.07) is 3.87. The minimum Gasteiger partial charge on any atom is -0.379 e. The number of pyridine rings is 1. The molecular weight excluding hydrogens is 230 g/mol. The number of anilines is 1. The van der Waals surface area contributed by atoms with Gasteiger partial charge in [-0.1, -0.05) is 13.0 Å². The Bertz CT molecular complexity index is 422. The second kappa shape index (κ2) is 5.93. The molecule has 2 atom stereocenters. The summed E-state index contributed by atoms with van der Waals surface area (Å²) >= 11 is 0. The Labute approximate surface area is 107 Å². The van der Waals surface area contributed by atoms with Crippen LogP contribution in [-0.2, 0) is 9.53 Å². The molecule has 0 bridgehead atoms. The Kier molecular flexibility index (Phi) is 4.28. The number of aryl methyl sites for hydroxylation is 1. The molecule has 5 heteroatoms. The molecule has 2 heterocycles. The van der Waals surface area contributed by atoms with Crippen molar-refractivity contribution in [1.82, 2.24) is 10.3 Å². The Balaban J connectivity index is 2.01. The maximum absolute atomic E-state index is 12.2. The third-order valence-corrected chi connectivity index (χ3v) is 3.13. The average Bonchev–Trinajstić information content (AvgIpc) is 2.81. The van der Waals surface area contributed by atoms with E-state index in [2.05, 4.69) is 15.6 Å². The Morgan fingerprint density at radius 2 is 2.39 bits per heavy atom. The summed E-state index contributed by atoms with van der Waals surface area (Å²) in [6.45, 7) is 5.84. The van der Waals surface area contributed by atoms with Crippen molar-refractivity contribution in [2.75, 3.05) is 25.1 Å². The number of amides is 1. The van der Waals surface area contributed by atoms with E-state index < -0.39 is 0 Å². The molecule has 0 aromatic carbocycles. The van der Waals surface area contributed by atoms with Crippen molar-refractivity contribution in [3.05, 3.63) is 23.9 Å². The van der Waals surface area contributed by atoms with Crippen molar-refractivity contribution in [3.8, 4) is 0 Å². The van der Waals surface area contributed by atoms with Crippen molar-refractivity contribution in [3.63, 3.8) is 0 Å². The Morgan fingerprint density at radius 1 is 1.56 bits per heavy atom. The van der Waals surface area contributed by atoms with Crippen LogP contribution in [0.1, 0.15) is 12.5 Å². The number of carbonyl (C=O) groups is 1. The number of rotatable bonds is 4. The molecule has 1 fully saturated rings. The largest absolute Gasteiger partial charge is 0.379 e. The van der Waals surface area contributed by atoms with E-state index in [4.69, 9.17) is 4.74 Å². The van der Waals surface area contributed by atoms with Crippen LogP contribution >= 0.6 is 0 Å². The molecule has 1 saturated heterocycles. The highest BCUT2D eigenvalue weighted by atomic mass is 16.5. The first kappa shape index (κ1) is 13.0. The van der Waals surface area contributed by atoms with Crippen LogP contribution in [0, 0.1) is 12.8 Å². The van der Waals surface area contributed by atoms with E-state index in [0.717, 1.165) is 12.1 Å². The first-order chi connectivity index (χ1) is 8.72. The van der Waals surface area contributed by atoms with E-state index in [-0.39, 0.29) is 17.9 Å². The van der Waals surface area contributed by atoms with Gasteiger partial charge in [-0.15, -0.1) is 0 Å². The highest BCUT2D eigenvalue weighted by molar-refractivity contribution is 5.93. The summed E-state index contributed by atoms with van der Waals surface area (Å²) in [5.74, 6) is 0.455. The number of ether oxygens (including phenoxy) is 1. The number of hydrogen-bond donors (Lipinski definition) is 2. The van der Waals surface area contributed by atoms with Crippen LogP contribution in [0.2, 0.25) is 0 Å². The molecule has 98 valence electrons. The van der Waals surface area contributed by atoms with Gasteiger partial charge in [0.1, 0.15) is 5.82 Å². The SMILES string of the molecule is CCNC1COCC1C(=O)Nc1ncccc1C. The van der Waals surface area contributed by atoms with Gasteiger partial charge in [-0.2, -0.15) is 0 Å². The monoisotopic (exact) mass is 249 g/mol. The first-order valence-corrected chi connectivity index (χ1v) is 6.26. The van der Waals surface area contributed by atoms with Gasteiger partial charge in [0.15, 0.2) is 0 Å². The third kappa shape index (κ3) is 2.86. The smallest absolute Gasteiger partial charge is 0.232 e. The van der Waals surface area contributed by atoms with E-state index in [1.165, 1.54) is 0 Å². The van der Waals surface area contributed by atoms with E-state index >= 15 is 0 Å². The summed E-state index contributed by atoms with van der Waals surface area (Å²) < 4.78 is 5.37. The zero-order valence-corrected chi connectivity index (χ0v) is 10.8. The maximum Gasteiger partial charge on any atom is 0.232 e. The minimum atomic E-state index is -0.147. The molecule has 1 aliphatic heterocycles. The van der Waals surface area contributed by atoms with Crippen molar-refractivity contribution in [2.24, 2.45) is 5.92 Å². The van der Waals surface area contributed by atoms with Crippen LogP contribution in [0.4, 0.5) is 5.82 Å². The molecule has 0 aliphatic carbocycles. The molecule has 1 aliphatic rings. The minimum absolute atomic E-state index is 0.0275. The van der Waals surface area contributed by atoms with Gasteiger partial charge >= 0.3 is 0 Å². The zero-order valence-electron chi connectivity index (χ0n) is 10.8. The molecule has 0 saturated carbocycles. The van der Waals surface area contributed by atoms with Crippen molar-refractivity contribution < 1.29 is 9.53 Å². The number of carbonyl (C=O) groups excluding carboxylic acids is 1. The van der Waals surface area contributed by atoms with Crippen LogP contribution in [0.15, 0.2) is 18.3 Å². The molecule has 0 spiro atoms. The molecule has 18 heavy (non-hydrogen) atoms. The molecule has 2 rings (SSSR count). The fourth-order valence-corrected chi connectivity index (χ4v) is 2.10. The third-order valence-electron chi connectivity index (χ3n) is 3.13. The van der Waals surface area contributed by atoms with Gasteiger partial charge < -0.3 is 15.4 Å². The number of likely N-dealkylation sites (N-methyl/N-ethyl adjacent to an activating group) is 1. The van der Waals surface area contributed by atoms with E-state index in [1.54, 1.807) is 6.20 Å². The van der Waals surface area contributed by atoms with E-state index in [0.29, 0.717) is 19.0 Å². The number of aromatic nitrogens is 1. The fraction of sp³-hybridized carbons (Fsp3) is 0.538. The standard InChI is InChI=1S/C13H19N3O2/c1-3-14-11-8-18-7-10(11)13(17)16-12-9(2)5-4-6-15-12/h4-6,10-11,14H,3,7-8H2,1-2H3,(H,15,16,17). The van der Waals surface area contributed by atoms with Crippen LogP contribution in [0.25, 0.3) is 0 Å². The van der Waals surface area contributed by atoms with Gasteiger partial charge in [-0.3, -0.25) is 4.79 Å². The lowest BCUT2D eigenvalue weighted by Gasteiger charge is -2.17. The predicted octanol–water partition coefficient (Wildman–Crippen LogP) is 0.953. The average molecular weight is 249 g/mol. The quantitative estimate of drug-likeness (QED) is 0.834. The van der Waals surface area contributed by atoms with Crippen molar-refractivity contribution >= 4 is 11.7 Å². The van der Waals surface area contributed by atoms with E-state index in [9.17, 15) is 4.79 Å². The van der Waals surface area contributed by atoms with Gasteiger partial charge in [0.25, 0.3) is 0 Å². The molecule has 5 nitrogen and oxygen atoms in total. The number of nitrogens with zero attached hydrogens (tertiary/aromatic N) is 1.